The molecular formula is C12H8BrClF3N3. The SMILES string of the molecule is Cc1ccc(C(F)(F)F)cc1Nc1nc(Cl)ncc1Br. The zero-order valence-corrected chi connectivity index (χ0v) is 12.4. The largest absolute Gasteiger partial charge is 0.416 e. The van der Waals surface area contributed by atoms with Crippen molar-refractivity contribution in [2.24, 2.45) is 0 Å². The monoisotopic (exact) mass is 365 g/mol. The summed E-state index contributed by atoms with van der Waals surface area (Å²) < 4.78 is 38.6. The quantitative estimate of drug-likeness (QED) is 0.763. The minimum Gasteiger partial charge on any atom is -0.339 e. The van der Waals surface area contributed by atoms with Crippen LogP contribution in [0.4, 0.5) is 24.7 Å². The summed E-state index contributed by atoms with van der Waals surface area (Å²) in [5.74, 6) is 0.299. The third-order valence-electron chi connectivity index (χ3n) is 2.53. The number of benzene rings is 1. The molecule has 1 N–H and O–H groups in total. The van der Waals surface area contributed by atoms with E-state index in [2.05, 4.69) is 31.2 Å². The van der Waals surface area contributed by atoms with Gasteiger partial charge in [0.25, 0.3) is 0 Å². The lowest BCUT2D eigenvalue weighted by Gasteiger charge is -2.13. The molecule has 0 spiro atoms. The number of rotatable bonds is 2. The summed E-state index contributed by atoms with van der Waals surface area (Å²) in [7, 11) is 0. The molecule has 0 bridgehead atoms. The van der Waals surface area contributed by atoms with Gasteiger partial charge in [-0.15, -0.1) is 0 Å². The normalized spacial score (nSPS) is 11.5. The van der Waals surface area contributed by atoms with E-state index in [0.29, 0.717) is 21.5 Å². The highest BCUT2D eigenvalue weighted by Crippen LogP contribution is 2.33. The number of halogens is 5. The van der Waals surface area contributed by atoms with E-state index in [4.69, 9.17) is 11.6 Å². The van der Waals surface area contributed by atoms with Crippen molar-refractivity contribution in [3.63, 3.8) is 0 Å². The van der Waals surface area contributed by atoms with Gasteiger partial charge in [-0.3, -0.25) is 0 Å². The number of hydrogen-bond donors (Lipinski definition) is 1. The first-order valence-corrected chi connectivity index (χ1v) is 6.57. The highest BCUT2D eigenvalue weighted by molar-refractivity contribution is 9.10. The molecule has 1 heterocycles. The lowest BCUT2D eigenvalue weighted by molar-refractivity contribution is -0.137. The number of alkyl halides is 3. The van der Waals surface area contributed by atoms with Crippen LogP contribution in [0.25, 0.3) is 0 Å². The average molecular weight is 367 g/mol. The van der Waals surface area contributed by atoms with Gasteiger partial charge in [-0.1, -0.05) is 6.07 Å². The number of aryl methyl sites for hydroxylation is 1. The Labute approximate surface area is 126 Å². The maximum Gasteiger partial charge on any atom is 0.416 e. The molecule has 0 saturated heterocycles. The Hall–Kier alpha value is -1.34. The Bertz CT molecular complexity index is 646. The van der Waals surface area contributed by atoms with Crippen LogP contribution in [0.15, 0.2) is 28.9 Å². The van der Waals surface area contributed by atoms with E-state index in [1.165, 1.54) is 12.3 Å². The predicted molar refractivity (Wildman–Crippen MR) is 74.2 cm³/mol. The first kappa shape index (κ1) is 15.1. The fourth-order valence-electron chi connectivity index (χ4n) is 1.49. The van der Waals surface area contributed by atoms with Crippen LogP contribution in [-0.2, 0) is 6.18 Å². The first-order valence-electron chi connectivity index (χ1n) is 5.40. The maximum atomic E-state index is 12.7. The zero-order chi connectivity index (χ0) is 14.9. The number of hydrogen-bond acceptors (Lipinski definition) is 3. The van der Waals surface area contributed by atoms with Crippen molar-refractivity contribution in [1.82, 2.24) is 9.97 Å². The smallest absolute Gasteiger partial charge is 0.339 e. The summed E-state index contributed by atoms with van der Waals surface area (Å²) in [4.78, 5) is 7.66. The highest BCUT2D eigenvalue weighted by Gasteiger charge is 2.30. The van der Waals surface area contributed by atoms with Gasteiger partial charge in [0.2, 0.25) is 5.28 Å². The number of nitrogens with one attached hydrogen (secondary N) is 1. The van der Waals surface area contributed by atoms with Crippen molar-refractivity contribution in [3.8, 4) is 0 Å². The Morgan fingerprint density at radius 1 is 1.30 bits per heavy atom. The zero-order valence-electron chi connectivity index (χ0n) is 10.1. The van der Waals surface area contributed by atoms with Crippen molar-refractivity contribution in [3.05, 3.63) is 45.3 Å². The van der Waals surface area contributed by atoms with Gasteiger partial charge in [-0.05, 0) is 52.2 Å². The van der Waals surface area contributed by atoms with Gasteiger partial charge in [0.05, 0.1) is 10.0 Å². The molecule has 0 aliphatic rings. The Morgan fingerprint density at radius 2 is 2.00 bits per heavy atom. The molecule has 20 heavy (non-hydrogen) atoms. The molecule has 2 aromatic rings. The standard InChI is InChI=1S/C12H8BrClF3N3/c1-6-2-3-7(12(15,16)17)4-9(6)19-10-8(13)5-18-11(14)20-10/h2-5H,1H3,(H,18,19,20). The highest BCUT2D eigenvalue weighted by atomic mass is 79.9. The third kappa shape index (κ3) is 3.40. The molecule has 0 fully saturated rings. The van der Waals surface area contributed by atoms with E-state index in [1.807, 2.05) is 0 Å². The first-order chi connectivity index (χ1) is 9.27. The third-order valence-corrected chi connectivity index (χ3v) is 3.30. The van der Waals surface area contributed by atoms with Crippen LogP contribution in [0.5, 0.6) is 0 Å². The van der Waals surface area contributed by atoms with E-state index >= 15 is 0 Å². The summed E-state index contributed by atoms with van der Waals surface area (Å²) in [5.41, 5.74) is 0.219. The lowest BCUT2D eigenvalue weighted by Crippen LogP contribution is -2.06. The Kier molecular flexibility index (Phi) is 4.19. The molecule has 0 radical (unpaired) electrons. The second-order valence-electron chi connectivity index (χ2n) is 3.99. The van der Waals surface area contributed by atoms with E-state index in [0.717, 1.165) is 12.1 Å². The number of aromatic nitrogens is 2. The van der Waals surface area contributed by atoms with Crippen LogP contribution in [0.2, 0.25) is 5.28 Å². The van der Waals surface area contributed by atoms with Crippen molar-refractivity contribution < 1.29 is 13.2 Å². The molecule has 2 rings (SSSR count). The van der Waals surface area contributed by atoms with Crippen LogP contribution in [0, 0.1) is 6.92 Å². The summed E-state index contributed by atoms with van der Waals surface area (Å²) in [6.07, 6.45) is -2.98. The van der Waals surface area contributed by atoms with Crippen molar-refractivity contribution in [1.29, 1.82) is 0 Å². The molecule has 3 nitrogen and oxygen atoms in total. The molecular weight excluding hydrogens is 359 g/mol. The second-order valence-corrected chi connectivity index (χ2v) is 5.18. The van der Waals surface area contributed by atoms with Crippen molar-refractivity contribution in [2.75, 3.05) is 5.32 Å². The van der Waals surface area contributed by atoms with Crippen molar-refractivity contribution in [2.45, 2.75) is 13.1 Å². The molecule has 0 aliphatic heterocycles. The number of nitrogens with zero attached hydrogens (tertiary/aromatic N) is 2. The van der Waals surface area contributed by atoms with Gasteiger partial charge in [-0.25, -0.2) is 4.98 Å². The molecule has 106 valence electrons. The van der Waals surface area contributed by atoms with E-state index in [-0.39, 0.29) is 5.28 Å². The van der Waals surface area contributed by atoms with Gasteiger partial charge in [-0.2, -0.15) is 18.2 Å². The molecule has 8 heteroatoms. The Morgan fingerprint density at radius 3 is 2.65 bits per heavy atom. The van der Waals surface area contributed by atoms with E-state index in [1.54, 1.807) is 6.92 Å². The van der Waals surface area contributed by atoms with Crippen LogP contribution < -0.4 is 5.32 Å². The minimum atomic E-state index is -4.40. The summed E-state index contributed by atoms with van der Waals surface area (Å²) in [6, 6.07) is 3.45. The van der Waals surface area contributed by atoms with Crippen LogP contribution in [0.1, 0.15) is 11.1 Å². The fourth-order valence-corrected chi connectivity index (χ4v) is 1.92. The molecule has 0 amide bonds. The molecule has 0 unspecified atom stereocenters. The van der Waals surface area contributed by atoms with Crippen LogP contribution in [-0.4, -0.2) is 9.97 Å². The van der Waals surface area contributed by atoms with Crippen molar-refractivity contribution >= 4 is 39.0 Å². The molecule has 0 atom stereocenters. The topological polar surface area (TPSA) is 37.8 Å². The lowest BCUT2D eigenvalue weighted by atomic mass is 10.1. The van der Waals surface area contributed by atoms with Gasteiger partial charge < -0.3 is 5.32 Å². The minimum absolute atomic E-state index is 0.000305. The molecule has 0 saturated carbocycles. The summed E-state index contributed by atoms with van der Waals surface area (Å²) in [5, 5.41) is 2.81. The number of anilines is 2. The fraction of sp³-hybridized carbons (Fsp3) is 0.167. The average Bonchev–Trinajstić information content (AvgIpc) is 2.35. The van der Waals surface area contributed by atoms with E-state index < -0.39 is 11.7 Å². The summed E-state index contributed by atoms with van der Waals surface area (Å²) in [6.45, 7) is 1.69. The molecule has 0 aliphatic carbocycles. The van der Waals surface area contributed by atoms with Gasteiger partial charge in [0.15, 0.2) is 0 Å². The predicted octanol–water partition coefficient (Wildman–Crippen LogP) is 4.96. The van der Waals surface area contributed by atoms with Gasteiger partial charge in [0.1, 0.15) is 5.82 Å². The van der Waals surface area contributed by atoms with E-state index in [9.17, 15) is 13.2 Å². The summed E-state index contributed by atoms with van der Waals surface area (Å²) >= 11 is 8.87. The Balaban J connectivity index is 2.40. The molecule has 1 aromatic carbocycles. The second kappa shape index (κ2) is 5.57. The van der Waals surface area contributed by atoms with Gasteiger partial charge >= 0.3 is 6.18 Å². The van der Waals surface area contributed by atoms with Gasteiger partial charge in [0, 0.05) is 11.9 Å². The molecule has 1 aromatic heterocycles. The van der Waals surface area contributed by atoms with Crippen LogP contribution >= 0.6 is 27.5 Å². The van der Waals surface area contributed by atoms with Crippen LogP contribution in [0.3, 0.4) is 0 Å². The maximum absolute atomic E-state index is 12.7.